The molecule has 0 unspecified atom stereocenters. The standard InChI is InChI=1S/C22H29N5O2/c1-16(28)24-20-12-22(27(15-20)17(2)29)8-10-26(11-9-22)14-19-13-23-25-21(19)18-6-4-3-5-7-18/h3-7,13,20H,8-12,14-15H2,1-2H3,(H,23,25)(H,24,28)/t20-/m1/s1. The molecule has 1 spiro atoms. The summed E-state index contributed by atoms with van der Waals surface area (Å²) in [5.74, 6) is 0.0777. The molecule has 1 aromatic carbocycles. The van der Waals surface area contributed by atoms with E-state index in [1.165, 1.54) is 5.56 Å². The van der Waals surface area contributed by atoms with Crippen molar-refractivity contribution in [2.24, 2.45) is 0 Å². The van der Waals surface area contributed by atoms with Gasteiger partial charge in [-0.25, -0.2) is 0 Å². The average Bonchev–Trinajstić information content (AvgIpc) is 3.29. The number of H-pyrrole nitrogens is 1. The monoisotopic (exact) mass is 395 g/mol. The lowest BCUT2D eigenvalue weighted by atomic mass is 9.84. The van der Waals surface area contributed by atoms with Crippen LogP contribution in [0.15, 0.2) is 36.5 Å². The number of hydrogen-bond donors (Lipinski definition) is 2. The fourth-order valence-corrected chi connectivity index (χ4v) is 5.02. The molecule has 4 rings (SSSR count). The largest absolute Gasteiger partial charge is 0.352 e. The van der Waals surface area contributed by atoms with Gasteiger partial charge in [-0.05, 0) is 24.8 Å². The summed E-state index contributed by atoms with van der Waals surface area (Å²) in [6.07, 6.45) is 4.63. The number of aromatic amines is 1. The first kappa shape index (κ1) is 19.6. The molecule has 7 nitrogen and oxygen atoms in total. The summed E-state index contributed by atoms with van der Waals surface area (Å²) in [5, 5.41) is 10.4. The van der Waals surface area contributed by atoms with Crippen LogP contribution in [0.4, 0.5) is 0 Å². The Morgan fingerprint density at radius 2 is 1.93 bits per heavy atom. The molecular formula is C22H29N5O2. The van der Waals surface area contributed by atoms with Gasteiger partial charge in [0.2, 0.25) is 11.8 Å². The van der Waals surface area contributed by atoms with Gasteiger partial charge in [-0.2, -0.15) is 5.10 Å². The molecule has 1 atom stereocenters. The summed E-state index contributed by atoms with van der Waals surface area (Å²) in [5.41, 5.74) is 3.28. The third-order valence-electron chi connectivity index (χ3n) is 6.35. The zero-order valence-electron chi connectivity index (χ0n) is 17.1. The van der Waals surface area contributed by atoms with Crippen molar-refractivity contribution in [3.8, 4) is 11.3 Å². The first-order valence-electron chi connectivity index (χ1n) is 10.3. The fraction of sp³-hybridized carbons (Fsp3) is 0.500. The van der Waals surface area contributed by atoms with Crippen molar-refractivity contribution in [3.05, 3.63) is 42.1 Å². The number of carbonyl (C=O) groups is 2. The van der Waals surface area contributed by atoms with Crippen LogP contribution in [0.1, 0.15) is 38.7 Å². The van der Waals surface area contributed by atoms with Crippen LogP contribution in [0.3, 0.4) is 0 Å². The third kappa shape index (κ3) is 4.05. The van der Waals surface area contributed by atoms with Gasteiger partial charge in [-0.15, -0.1) is 0 Å². The second-order valence-corrected chi connectivity index (χ2v) is 8.37. The number of aromatic nitrogens is 2. The molecule has 7 heteroatoms. The Labute approximate surface area is 171 Å². The number of nitrogens with zero attached hydrogens (tertiary/aromatic N) is 3. The van der Waals surface area contributed by atoms with Gasteiger partial charge in [-0.3, -0.25) is 19.6 Å². The van der Waals surface area contributed by atoms with Crippen LogP contribution < -0.4 is 5.32 Å². The quantitative estimate of drug-likeness (QED) is 0.831. The number of benzene rings is 1. The zero-order chi connectivity index (χ0) is 20.4. The molecule has 0 radical (unpaired) electrons. The van der Waals surface area contributed by atoms with Crippen molar-refractivity contribution in [1.82, 2.24) is 25.3 Å². The molecule has 2 amide bonds. The van der Waals surface area contributed by atoms with Gasteiger partial charge < -0.3 is 10.2 Å². The van der Waals surface area contributed by atoms with Crippen LogP contribution in [-0.4, -0.2) is 63.0 Å². The van der Waals surface area contributed by atoms with Gasteiger partial charge in [0.15, 0.2) is 0 Å². The van der Waals surface area contributed by atoms with E-state index < -0.39 is 0 Å². The van der Waals surface area contributed by atoms with Gasteiger partial charge in [-0.1, -0.05) is 30.3 Å². The van der Waals surface area contributed by atoms with Crippen molar-refractivity contribution >= 4 is 11.8 Å². The van der Waals surface area contributed by atoms with Crippen molar-refractivity contribution in [2.75, 3.05) is 19.6 Å². The molecule has 2 aliphatic rings. The van der Waals surface area contributed by atoms with E-state index in [1.54, 1.807) is 13.8 Å². The van der Waals surface area contributed by atoms with Crippen molar-refractivity contribution in [3.63, 3.8) is 0 Å². The fourth-order valence-electron chi connectivity index (χ4n) is 5.02. The Bertz CT molecular complexity index is 870. The number of carbonyl (C=O) groups excluding carboxylic acids is 2. The lowest BCUT2D eigenvalue weighted by molar-refractivity contribution is -0.134. The van der Waals surface area contributed by atoms with Crippen LogP contribution in [-0.2, 0) is 16.1 Å². The third-order valence-corrected chi connectivity index (χ3v) is 6.35. The molecule has 2 saturated heterocycles. The van der Waals surface area contributed by atoms with Gasteiger partial charge in [0.1, 0.15) is 0 Å². The van der Waals surface area contributed by atoms with E-state index in [0.717, 1.165) is 50.2 Å². The second-order valence-electron chi connectivity index (χ2n) is 8.37. The predicted octanol–water partition coefficient (Wildman–Crippen LogP) is 2.17. The summed E-state index contributed by atoms with van der Waals surface area (Å²) >= 11 is 0. The minimum Gasteiger partial charge on any atom is -0.352 e. The maximum atomic E-state index is 12.3. The van der Waals surface area contributed by atoms with Gasteiger partial charge in [0.25, 0.3) is 0 Å². The Kier molecular flexibility index (Phi) is 5.41. The van der Waals surface area contributed by atoms with Crippen LogP contribution in [0.25, 0.3) is 11.3 Å². The Morgan fingerprint density at radius 1 is 1.21 bits per heavy atom. The molecular weight excluding hydrogens is 366 g/mol. The minimum atomic E-state index is -0.131. The molecule has 2 fully saturated rings. The lowest BCUT2D eigenvalue weighted by Gasteiger charge is -2.44. The highest BCUT2D eigenvalue weighted by Gasteiger charge is 2.48. The van der Waals surface area contributed by atoms with E-state index in [2.05, 4.69) is 32.5 Å². The number of likely N-dealkylation sites (tertiary alicyclic amines) is 2. The molecule has 0 saturated carbocycles. The molecule has 154 valence electrons. The van der Waals surface area contributed by atoms with Crippen LogP contribution in [0.2, 0.25) is 0 Å². The smallest absolute Gasteiger partial charge is 0.219 e. The van der Waals surface area contributed by atoms with E-state index in [0.29, 0.717) is 6.54 Å². The molecule has 2 aliphatic heterocycles. The summed E-state index contributed by atoms with van der Waals surface area (Å²) in [4.78, 5) is 28.2. The summed E-state index contributed by atoms with van der Waals surface area (Å²) in [7, 11) is 0. The number of rotatable bonds is 4. The summed E-state index contributed by atoms with van der Waals surface area (Å²) in [6, 6.07) is 10.3. The highest BCUT2D eigenvalue weighted by molar-refractivity contribution is 5.76. The van der Waals surface area contributed by atoms with Gasteiger partial charge in [0, 0.05) is 57.2 Å². The van der Waals surface area contributed by atoms with Crippen LogP contribution in [0.5, 0.6) is 0 Å². The Hall–Kier alpha value is -2.67. The van der Waals surface area contributed by atoms with E-state index in [-0.39, 0.29) is 23.4 Å². The number of amides is 2. The van der Waals surface area contributed by atoms with E-state index in [1.807, 2.05) is 29.3 Å². The maximum absolute atomic E-state index is 12.3. The molecule has 3 heterocycles. The second kappa shape index (κ2) is 7.99. The Balaban J connectivity index is 1.43. The normalized spacial score (nSPS) is 21.4. The van der Waals surface area contributed by atoms with E-state index in [9.17, 15) is 9.59 Å². The maximum Gasteiger partial charge on any atom is 0.219 e. The Morgan fingerprint density at radius 3 is 2.59 bits per heavy atom. The topological polar surface area (TPSA) is 81.3 Å². The molecule has 1 aromatic heterocycles. The first-order chi connectivity index (χ1) is 14.0. The molecule has 0 aliphatic carbocycles. The zero-order valence-corrected chi connectivity index (χ0v) is 17.1. The number of hydrogen-bond acceptors (Lipinski definition) is 4. The van der Waals surface area contributed by atoms with Crippen molar-refractivity contribution in [2.45, 2.75) is 51.2 Å². The van der Waals surface area contributed by atoms with E-state index >= 15 is 0 Å². The average molecular weight is 396 g/mol. The van der Waals surface area contributed by atoms with Crippen LogP contribution in [0, 0.1) is 0 Å². The molecule has 2 N–H and O–H groups in total. The highest BCUT2D eigenvalue weighted by atomic mass is 16.2. The van der Waals surface area contributed by atoms with Crippen molar-refractivity contribution < 1.29 is 9.59 Å². The molecule has 29 heavy (non-hydrogen) atoms. The number of nitrogens with one attached hydrogen (secondary N) is 2. The molecule has 0 bridgehead atoms. The van der Waals surface area contributed by atoms with Gasteiger partial charge >= 0.3 is 0 Å². The highest BCUT2D eigenvalue weighted by Crippen LogP contribution is 2.39. The SMILES string of the molecule is CC(=O)N[C@H]1CN(C(C)=O)C2(CCN(Cc3cn[nH]c3-c3ccccc3)CC2)C1. The number of piperidine rings is 1. The molecule has 2 aromatic rings. The van der Waals surface area contributed by atoms with Gasteiger partial charge in [0.05, 0.1) is 11.9 Å². The predicted molar refractivity (Wildman–Crippen MR) is 111 cm³/mol. The first-order valence-corrected chi connectivity index (χ1v) is 10.3. The minimum absolute atomic E-state index is 0.0265. The van der Waals surface area contributed by atoms with Crippen LogP contribution >= 0.6 is 0 Å². The summed E-state index contributed by atoms with van der Waals surface area (Å²) < 4.78 is 0. The van der Waals surface area contributed by atoms with E-state index in [4.69, 9.17) is 0 Å². The van der Waals surface area contributed by atoms with Crippen molar-refractivity contribution in [1.29, 1.82) is 0 Å². The summed E-state index contributed by atoms with van der Waals surface area (Å²) in [6.45, 7) is 6.50. The lowest BCUT2D eigenvalue weighted by Crippen LogP contribution is -2.53.